The standard InChI is InChI=1S/C13H18F3N3O4/c1-11(2,3)19-8(13(14,15)16)7(5-18-19)9(20)17-6-12(4,23)10(21)22/h5,23H,6H2,1-4H3,(H,17,20)(H,21,22). The van der Waals surface area contributed by atoms with Crippen LogP contribution in [-0.4, -0.2) is 44.0 Å². The maximum absolute atomic E-state index is 13.3. The normalized spacial score (nSPS) is 15.1. The highest BCUT2D eigenvalue weighted by molar-refractivity contribution is 5.95. The summed E-state index contributed by atoms with van der Waals surface area (Å²) in [7, 11) is 0. The molecule has 1 atom stereocenters. The van der Waals surface area contributed by atoms with E-state index >= 15 is 0 Å². The number of carboxylic acid groups (broad SMARTS) is 1. The molecule has 0 aromatic carbocycles. The van der Waals surface area contributed by atoms with Crippen LogP contribution < -0.4 is 5.32 Å². The second-order valence-corrected chi connectivity index (χ2v) is 6.25. The molecule has 0 radical (unpaired) electrons. The number of carboxylic acids is 1. The van der Waals surface area contributed by atoms with Crippen LogP contribution in [0.3, 0.4) is 0 Å². The molecular weight excluding hydrogens is 319 g/mol. The molecule has 0 fully saturated rings. The van der Waals surface area contributed by atoms with Crippen molar-refractivity contribution in [3.05, 3.63) is 17.5 Å². The number of aliphatic carboxylic acids is 1. The Hall–Kier alpha value is -2.10. The van der Waals surface area contributed by atoms with Gasteiger partial charge in [-0.2, -0.15) is 18.3 Å². The quantitative estimate of drug-likeness (QED) is 0.766. The summed E-state index contributed by atoms with van der Waals surface area (Å²) in [6.07, 6.45) is -4.06. The lowest BCUT2D eigenvalue weighted by Crippen LogP contribution is -2.46. The number of amides is 1. The Kier molecular flexibility index (Phi) is 4.81. The number of hydrogen-bond donors (Lipinski definition) is 3. The van der Waals surface area contributed by atoms with Crippen LogP contribution >= 0.6 is 0 Å². The molecule has 7 nitrogen and oxygen atoms in total. The second-order valence-electron chi connectivity index (χ2n) is 6.25. The van der Waals surface area contributed by atoms with Gasteiger partial charge in [0, 0.05) is 0 Å². The summed E-state index contributed by atoms with van der Waals surface area (Å²) in [6.45, 7) is 4.64. The van der Waals surface area contributed by atoms with Gasteiger partial charge in [0.25, 0.3) is 5.91 Å². The number of aromatic nitrogens is 2. The second kappa shape index (κ2) is 5.84. The lowest BCUT2D eigenvalue weighted by molar-refractivity contribution is -0.155. The average molecular weight is 337 g/mol. The maximum Gasteiger partial charge on any atom is 0.433 e. The summed E-state index contributed by atoms with van der Waals surface area (Å²) in [5, 5.41) is 23.8. The van der Waals surface area contributed by atoms with Gasteiger partial charge >= 0.3 is 12.1 Å². The molecular formula is C13H18F3N3O4. The molecule has 0 aliphatic heterocycles. The Morgan fingerprint density at radius 2 is 1.78 bits per heavy atom. The molecule has 3 N–H and O–H groups in total. The summed E-state index contributed by atoms with van der Waals surface area (Å²) < 4.78 is 40.4. The van der Waals surface area contributed by atoms with Crippen molar-refractivity contribution in [3.8, 4) is 0 Å². The van der Waals surface area contributed by atoms with Gasteiger partial charge in [0.05, 0.1) is 23.8 Å². The Labute approximate surface area is 130 Å². The van der Waals surface area contributed by atoms with Gasteiger partial charge in [-0.1, -0.05) is 0 Å². The van der Waals surface area contributed by atoms with E-state index in [0.29, 0.717) is 4.68 Å². The van der Waals surface area contributed by atoms with E-state index in [9.17, 15) is 27.9 Å². The molecule has 1 aromatic rings. The average Bonchev–Trinajstić information content (AvgIpc) is 2.80. The molecule has 1 aromatic heterocycles. The van der Waals surface area contributed by atoms with Gasteiger partial charge in [0.15, 0.2) is 11.3 Å². The maximum atomic E-state index is 13.3. The van der Waals surface area contributed by atoms with Crippen molar-refractivity contribution in [2.45, 2.75) is 45.0 Å². The third-order valence-corrected chi connectivity index (χ3v) is 2.97. The van der Waals surface area contributed by atoms with Gasteiger partial charge in [0.2, 0.25) is 0 Å². The molecule has 1 rings (SSSR count). The smallest absolute Gasteiger partial charge is 0.433 e. The third-order valence-electron chi connectivity index (χ3n) is 2.97. The summed E-state index contributed by atoms with van der Waals surface area (Å²) in [6, 6.07) is 0. The lowest BCUT2D eigenvalue weighted by Gasteiger charge is -2.24. The fraction of sp³-hybridized carbons (Fsp3) is 0.615. The number of nitrogens with one attached hydrogen (secondary N) is 1. The summed E-state index contributed by atoms with van der Waals surface area (Å²) in [5.41, 5.74) is -5.30. The van der Waals surface area contributed by atoms with Crippen molar-refractivity contribution in [1.82, 2.24) is 15.1 Å². The monoisotopic (exact) mass is 337 g/mol. The van der Waals surface area contributed by atoms with Gasteiger partial charge in [-0.3, -0.25) is 9.48 Å². The van der Waals surface area contributed by atoms with Crippen molar-refractivity contribution in [1.29, 1.82) is 0 Å². The van der Waals surface area contributed by atoms with E-state index in [1.54, 1.807) is 0 Å². The molecule has 0 saturated carbocycles. The van der Waals surface area contributed by atoms with E-state index in [1.165, 1.54) is 20.8 Å². The first-order valence-electron chi connectivity index (χ1n) is 6.57. The van der Waals surface area contributed by atoms with Crippen LogP contribution in [0.5, 0.6) is 0 Å². The van der Waals surface area contributed by atoms with Crippen molar-refractivity contribution < 1.29 is 33.0 Å². The third kappa shape index (κ3) is 4.21. The molecule has 1 unspecified atom stereocenters. The van der Waals surface area contributed by atoms with Gasteiger partial charge in [-0.15, -0.1) is 0 Å². The highest BCUT2D eigenvalue weighted by atomic mass is 19.4. The predicted octanol–water partition coefficient (Wildman–Crippen LogP) is 1.22. The van der Waals surface area contributed by atoms with Gasteiger partial charge in [-0.25, -0.2) is 4.79 Å². The number of carbonyl (C=O) groups excluding carboxylic acids is 1. The zero-order chi connectivity index (χ0) is 18.2. The summed E-state index contributed by atoms with van der Waals surface area (Å²) in [5.74, 6) is -2.78. The minimum Gasteiger partial charge on any atom is -0.479 e. The largest absolute Gasteiger partial charge is 0.479 e. The molecule has 0 aliphatic rings. The zero-order valence-electron chi connectivity index (χ0n) is 13.0. The first-order chi connectivity index (χ1) is 10.2. The first-order valence-corrected chi connectivity index (χ1v) is 6.57. The van der Waals surface area contributed by atoms with Crippen LogP contribution in [0, 0.1) is 0 Å². The zero-order valence-corrected chi connectivity index (χ0v) is 13.0. The summed E-state index contributed by atoms with van der Waals surface area (Å²) >= 11 is 0. The van der Waals surface area contributed by atoms with Crippen molar-refractivity contribution in [2.24, 2.45) is 0 Å². The minimum atomic E-state index is -4.83. The number of hydrogen-bond acceptors (Lipinski definition) is 4. The number of carbonyl (C=O) groups is 2. The van der Waals surface area contributed by atoms with E-state index in [2.05, 4.69) is 5.10 Å². The Morgan fingerprint density at radius 3 is 2.17 bits per heavy atom. The van der Waals surface area contributed by atoms with E-state index in [0.717, 1.165) is 13.1 Å². The molecule has 0 spiro atoms. The van der Waals surface area contributed by atoms with Crippen LogP contribution in [0.15, 0.2) is 6.20 Å². The fourth-order valence-corrected chi connectivity index (χ4v) is 1.72. The number of halogens is 3. The molecule has 10 heteroatoms. The fourth-order valence-electron chi connectivity index (χ4n) is 1.72. The molecule has 23 heavy (non-hydrogen) atoms. The van der Waals surface area contributed by atoms with Gasteiger partial charge < -0.3 is 15.5 Å². The van der Waals surface area contributed by atoms with Gasteiger partial charge in [-0.05, 0) is 27.7 Å². The Bertz CT molecular complexity index is 615. The SMILES string of the molecule is CC(O)(CNC(=O)c1cnn(C(C)(C)C)c1C(F)(F)F)C(=O)O. The topological polar surface area (TPSA) is 104 Å². The minimum absolute atomic E-state index is 0.678. The number of aliphatic hydroxyl groups is 1. The molecule has 130 valence electrons. The number of alkyl halides is 3. The van der Waals surface area contributed by atoms with Crippen LogP contribution in [0.4, 0.5) is 13.2 Å². The Morgan fingerprint density at radius 1 is 1.26 bits per heavy atom. The van der Waals surface area contributed by atoms with Crippen molar-refractivity contribution >= 4 is 11.9 Å². The predicted molar refractivity (Wildman–Crippen MR) is 72.8 cm³/mol. The molecule has 0 saturated heterocycles. The molecule has 1 amide bonds. The van der Waals surface area contributed by atoms with E-state index in [4.69, 9.17) is 5.11 Å². The molecule has 0 bridgehead atoms. The highest BCUT2D eigenvalue weighted by Gasteiger charge is 2.42. The highest BCUT2D eigenvalue weighted by Crippen LogP contribution is 2.34. The van der Waals surface area contributed by atoms with Crippen molar-refractivity contribution in [2.75, 3.05) is 6.54 Å². The van der Waals surface area contributed by atoms with Crippen molar-refractivity contribution in [3.63, 3.8) is 0 Å². The first kappa shape index (κ1) is 18.9. The van der Waals surface area contributed by atoms with Crippen LogP contribution in [0.2, 0.25) is 0 Å². The van der Waals surface area contributed by atoms with E-state index in [-0.39, 0.29) is 0 Å². The van der Waals surface area contributed by atoms with E-state index < -0.39 is 47.0 Å². The van der Waals surface area contributed by atoms with Gasteiger partial charge in [0.1, 0.15) is 0 Å². The molecule has 0 aliphatic carbocycles. The molecule has 1 heterocycles. The Balaban J connectivity index is 3.17. The van der Waals surface area contributed by atoms with E-state index in [1.807, 2.05) is 5.32 Å². The lowest BCUT2D eigenvalue weighted by atomic mass is 10.1. The number of nitrogens with zero attached hydrogens (tertiary/aromatic N) is 2. The summed E-state index contributed by atoms with van der Waals surface area (Å²) in [4.78, 5) is 22.7. The number of rotatable bonds is 4. The van der Waals surface area contributed by atoms with Crippen LogP contribution in [-0.2, 0) is 16.5 Å². The van der Waals surface area contributed by atoms with Crippen LogP contribution in [0.25, 0.3) is 0 Å². The van der Waals surface area contributed by atoms with Crippen LogP contribution in [0.1, 0.15) is 43.7 Å².